The molecule has 0 fully saturated rings. The molecule has 8 aromatic carbocycles. The van der Waals surface area contributed by atoms with Crippen LogP contribution in [0.4, 0.5) is 0 Å². The zero-order valence-electron chi connectivity index (χ0n) is 24.4. The van der Waals surface area contributed by atoms with Crippen molar-refractivity contribution in [3.63, 3.8) is 0 Å². The van der Waals surface area contributed by atoms with Gasteiger partial charge in [-0.05, 0) is 95.4 Å². The van der Waals surface area contributed by atoms with Crippen LogP contribution in [0.15, 0.2) is 162 Å². The molecule has 1 nitrogen and oxygen atoms in total. The van der Waals surface area contributed by atoms with E-state index in [1.54, 1.807) is 0 Å². The molecule has 0 saturated heterocycles. The van der Waals surface area contributed by atoms with E-state index in [9.17, 15) is 0 Å². The summed E-state index contributed by atoms with van der Waals surface area (Å²) in [6.45, 7) is 0. The third kappa shape index (κ3) is 3.44. The van der Waals surface area contributed by atoms with Gasteiger partial charge in [0.1, 0.15) is 11.2 Å². The molecule has 1 aliphatic rings. The van der Waals surface area contributed by atoms with Crippen LogP contribution in [0.25, 0.3) is 99.1 Å². The molecule has 0 radical (unpaired) electrons. The second kappa shape index (κ2) is 9.29. The van der Waals surface area contributed by atoms with Crippen LogP contribution in [0.5, 0.6) is 0 Å². The number of rotatable bonds is 2. The van der Waals surface area contributed by atoms with Crippen molar-refractivity contribution in [3.8, 4) is 55.6 Å². The highest BCUT2D eigenvalue weighted by atomic mass is 16.3. The van der Waals surface area contributed by atoms with E-state index in [0.29, 0.717) is 0 Å². The van der Waals surface area contributed by atoms with Crippen LogP contribution in [0, 0.1) is 0 Å². The standard InChI is InChI=1S/C44H26O/c1-2-12-27(13-3-1)29-20-11-23-40-42(29)38-26-28(24-25-39(38)45-40)41-35-18-8-9-19-36(35)43-33-17-7-6-16-31(33)30-14-4-5-15-32(30)34-21-10-22-37(41)44(34)43/h1-26H. The van der Waals surface area contributed by atoms with Gasteiger partial charge in [-0.25, -0.2) is 0 Å². The fourth-order valence-electron chi connectivity index (χ4n) is 7.77. The first kappa shape index (κ1) is 24.5. The molecule has 45 heavy (non-hydrogen) atoms. The minimum Gasteiger partial charge on any atom is -0.456 e. The van der Waals surface area contributed by atoms with Crippen LogP contribution in [0.3, 0.4) is 0 Å². The van der Waals surface area contributed by atoms with Gasteiger partial charge in [-0.2, -0.15) is 0 Å². The first-order valence-electron chi connectivity index (χ1n) is 15.5. The van der Waals surface area contributed by atoms with Crippen LogP contribution in [-0.4, -0.2) is 0 Å². The molecule has 10 rings (SSSR count). The molecule has 0 spiro atoms. The summed E-state index contributed by atoms with van der Waals surface area (Å²) in [5, 5.41) is 7.41. The van der Waals surface area contributed by atoms with E-state index in [-0.39, 0.29) is 0 Å². The summed E-state index contributed by atoms with van der Waals surface area (Å²) in [7, 11) is 0. The maximum atomic E-state index is 6.44. The van der Waals surface area contributed by atoms with E-state index in [1.165, 1.54) is 77.2 Å². The van der Waals surface area contributed by atoms with Crippen molar-refractivity contribution in [2.24, 2.45) is 0 Å². The van der Waals surface area contributed by atoms with Gasteiger partial charge in [-0.15, -0.1) is 0 Å². The lowest BCUT2D eigenvalue weighted by molar-refractivity contribution is 0.669. The summed E-state index contributed by atoms with van der Waals surface area (Å²) in [5.74, 6) is 0. The Morgan fingerprint density at radius 3 is 1.67 bits per heavy atom. The third-order valence-corrected chi connectivity index (χ3v) is 9.62. The quantitative estimate of drug-likeness (QED) is 0.188. The second-order valence-corrected chi connectivity index (χ2v) is 12.0. The SMILES string of the molecule is c1ccc(-c2cccc3oc4ccc(-c5c6ccccc6c6c7c(cccc57)-c5ccccc5-c5ccccc5-6)cc4c23)cc1. The lowest BCUT2D eigenvalue weighted by atomic mass is 9.84. The molecule has 0 aliphatic heterocycles. The summed E-state index contributed by atoms with van der Waals surface area (Å²) in [6, 6.07) is 57.3. The molecule has 9 aromatic rings. The van der Waals surface area contributed by atoms with Gasteiger partial charge in [0.05, 0.1) is 0 Å². The van der Waals surface area contributed by atoms with Gasteiger partial charge < -0.3 is 4.42 Å². The molecular formula is C44H26O. The minimum absolute atomic E-state index is 0.906. The zero-order chi connectivity index (χ0) is 29.5. The zero-order valence-corrected chi connectivity index (χ0v) is 24.4. The average molecular weight is 571 g/mol. The van der Waals surface area contributed by atoms with E-state index in [1.807, 2.05) is 0 Å². The van der Waals surface area contributed by atoms with Crippen molar-refractivity contribution in [3.05, 3.63) is 158 Å². The predicted octanol–water partition coefficient (Wildman–Crippen LogP) is 12.5. The van der Waals surface area contributed by atoms with Gasteiger partial charge in [-0.3, -0.25) is 0 Å². The minimum atomic E-state index is 0.906. The normalized spacial score (nSPS) is 12.0. The van der Waals surface area contributed by atoms with Gasteiger partial charge >= 0.3 is 0 Å². The van der Waals surface area contributed by atoms with Crippen molar-refractivity contribution in [2.75, 3.05) is 0 Å². The Kier molecular flexibility index (Phi) is 5.06. The topological polar surface area (TPSA) is 13.1 Å². The number of hydrogen-bond acceptors (Lipinski definition) is 1. The summed E-state index contributed by atoms with van der Waals surface area (Å²) >= 11 is 0. The van der Waals surface area contributed by atoms with Gasteiger partial charge in [-0.1, -0.05) is 140 Å². The van der Waals surface area contributed by atoms with Gasteiger partial charge in [0.25, 0.3) is 0 Å². The van der Waals surface area contributed by atoms with Gasteiger partial charge in [0.15, 0.2) is 0 Å². The molecule has 0 bridgehead atoms. The molecule has 0 unspecified atom stereocenters. The number of benzene rings is 8. The highest BCUT2D eigenvalue weighted by molar-refractivity contribution is 6.27. The lowest BCUT2D eigenvalue weighted by Gasteiger charge is -2.19. The summed E-state index contributed by atoms with van der Waals surface area (Å²) in [6.07, 6.45) is 0. The maximum absolute atomic E-state index is 6.44. The van der Waals surface area contributed by atoms with Crippen LogP contribution in [0.1, 0.15) is 0 Å². The van der Waals surface area contributed by atoms with Crippen LogP contribution in [-0.2, 0) is 0 Å². The summed E-state index contributed by atoms with van der Waals surface area (Å²) in [5.41, 5.74) is 14.4. The van der Waals surface area contributed by atoms with Crippen LogP contribution in [0.2, 0.25) is 0 Å². The third-order valence-electron chi connectivity index (χ3n) is 9.62. The van der Waals surface area contributed by atoms with Crippen molar-refractivity contribution >= 4 is 43.5 Å². The molecule has 208 valence electrons. The van der Waals surface area contributed by atoms with E-state index in [0.717, 1.165) is 21.9 Å². The van der Waals surface area contributed by atoms with E-state index >= 15 is 0 Å². The summed E-state index contributed by atoms with van der Waals surface area (Å²) < 4.78 is 6.44. The Hall–Kier alpha value is -5.92. The fourth-order valence-corrected chi connectivity index (χ4v) is 7.77. The molecule has 0 N–H and O–H groups in total. The number of fused-ring (bicyclic) bond motifs is 10. The average Bonchev–Trinajstić information content (AvgIpc) is 3.43. The van der Waals surface area contributed by atoms with Gasteiger partial charge in [0.2, 0.25) is 0 Å². The Morgan fingerprint density at radius 1 is 0.289 bits per heavy atom. The Bertz CT molecular complexity index is 2640. The highest BCUT2D eigenvalue weighted by Gasteiger charge is 2.25. The number of hydrogen-bond donors (Lipinski definition) is 0. The summed E-state index contributed by atoms with van der Waals surface area (Å²) in [4.78, 5) is 0. The van der Waals surface area contributed by atoms with Crippen molar-refractivity contribution in [1.29, 1.82) is 0 Å². The molecule has 0 amide bonds. The maximum Gasteiger partial charge on any atom is 0.136 e. The van der Waals surface area contributed by atoms with Gasteiger partial charge in [0, 0.05) is 10.8 Å². The van der Waals surface area contributed by atoms with Crippen molar-refractivity contribution in [1.82, 2.24) is 0 Å². The Labute approximate surface area is 260 Å². The Morgan fingerprint density at radius 2 is 0.867 bits per heavy atom. The van der Waals surface area contributed by atoms with E-state index in [2.05, 4.69) is 158 Å². The van der Waals surface area contributed by atoms with E-state index in [4.69, 9.17) is 4.42 Å². The molecule has 0 atom stereocenters. The van der Waals surface area contributed by atoms with E-state index < -0.39 is 0 Å². The molecule has 1 heterocycles. The highest BCUT2D eigenvalue weighted by Crippen LogP contribution is 2.53. The van der Waals surface area contributed by atoms with Crippen LogP contribution >= 0.6 is 0 Å². The predicted molar refractivity (Wildman–Crippen MR) is 189 cm³/mol. The Balaban J connectivity index is 1.36. The fraction of sp³-hybridized carbons (Fsp3) is 0. The smallest absolute Gasteiger partial charge is 0.136 e. The van der Waals surface area contributed by atoms with Crippen LogP contribution < -0.4 is 0 Å². The molecule has 0 saturated carbocycles. The monoisotopic (exact) mass is 570 g/mol. The lowest BCUT2D eigenvalue weighted by Crippen LogP contribution is -1.92. The number of furan rings is 1. The molecule has 1 aliphatic carbocycles. The first-order valence-corrected chi connectivity index (χ1v) is 15.5. The largest absolute Gasteiger partial charge is 0.456 e. The first-order chi connectivity index (χ1) is 22.3. The second-order valence-electron chi connectivity index (χ2n) is 12.0. The van der Waals surface area contributed by atoms with Crippen molar-refractivity contribution < 1.29 is 4.42 Å². The molecule has 1 heteroatoms. The molecular weight excluding hydrogens is 544 g/mol. The van der Waals surface area contributed by atoms with Crippen molar-refractivity contribution in [2.45, 2.75) is 0 Å². The molecule has 1 aromatic heterocycles.